The summed E-state index contributed by atoms with van der Waals surface area (Å²) < 4.78 is 17.8. The van der Waals surface area contributed by atoms with Crippen LogP contribution in [-0.2, 0) is 11.3 Å². The number of amides is 1. The Labute approximate surface area is 142 Å². The number of fused-ring (bicyclic) bond motifs is 2. The van der Waals surface area contributed by atoms with Crippen molar-refractivity contribution in [1.29, 1.82) is 0 Å². The van der Waals surface area contributed by atoms with Crippen LogP contribution in [0.5, 0.6) is 17.4 Å². The minimum absolute atomic E-state index is 0.148. The molecular formula is C16H15N5O4. The van der Waals surface area contributed by atoms with Gasteiger partial charge in [-0.2, -0.15) is 4.52 Å². The molecule has 25 heavy (non-hydrogen) atoms. The summed E-state index contributed by atoms with van der Waals surface area (Å²) in [4.78, 5) is 12.3. The fraction of sp³-hybridized carbons (Fsp3) is 0.250. The van der Waals surface area contributed by atoms with E-state index >= 15 is 0 Å². The van der Waals surface area contributed by atoms with E-state index in [2.05, 4.69) is 20.6 Å². The van der Waals surface area contributed by atoms with Crippen molar-refractivity contribution >= 4 is 11.6 Å². The van der Waals surface area contributed by atoms with Gasteiger partial charge in [-0.05, 0) is 18.2 Å². The second-order valence-corrected chi connectivity index (χ2v) is 5.34. The highest BCUT2D eigenvalue weighted by Gasteiger charge is 2.27. The third-order valence-electron chi connectivity index (χ3n) is 3.73. The largest absolute Gasteiger partial charge is 0.485 e. The van der Waals surface area contributed by atoms with E-state index < -0.39 is 6.10 Å². The molecule has 1 amide bonds. The summed E-state index contributed by atoms with van der Waals surface area (Å²) >= 11 is 0. The molecule has 4 rings (SSSR count). The van der Waals surface area contributed by atoms with E-state index in [1.165, 1.54) is 11.6 Å². The number of para-hydroxylation sites is 2. The third-order valence-corrected chi connectivity index (χ3v) is 3.73. The molecule has 9 nitrogen and oxygen atoms in total. The van der Waals surface area contributed by atoms with Gasteiger partial charge in [0.1, 0.15) is 6.61 Å². The molecule has 128 valence electrons. The number of carbonyl (C=O) groups is 1. The molecule has 1 atom stereocenters. The molecule has 1 aliphatic rings. The summed E-state index contributed by atoms with van der Waals surface area (Å²) in [5.74, 6) is 1.80. The van der Waals surface area contributed by atoms with Gasteiger partial charge in [0, 0.05) is 6.07 Å². The Kier molecular flexibility index (Phi) is 3.81. The van der Waals surface area contributed by atoms with Crippen LogP contribution in [0.25, 0.3) is 5.65 Å². The molecule has 0 fully saturated rings. The SMILES string of the molecule is COc1ccc2nnc(CNC(=O)[C@@H]3COc4ccccc4O3)n2n1. The number of hydrogen-bond donors (Lipinski definition) is 1. The fourth-order valence-corrected chi connectivity index (χ4v) is 2.46. The van der Waals surface area contributed by atoms with Crippen molar-refractivity contribution in [2.24, 2.45) is 0 Å². The second kappa shape index (κ2) is 6.27. The number of rotatable bonds is 4. The molecule has 0 bridgehead atoms. The molecule has 0 saturated heterocycles. The van der Waals surface area contributed by atoms with Crippen molar-refractivity contribution in [2.45, 2.75) is 12.6 Å². The quantitative estimate of drug-likeness (QED) is 0.741. The summed E-state index contributed by atoms with van der Waals surface area (Å²) in [6.45, 7) is 0.303. The molecule has 1 aromatic carbocycles. The average molecular weight is 341 g/mol. The lowest BCUT2D eigenvalue weighted by atomic mass is 10.2. The van der Waals surface area contributed by atoms with Gasteiger partial charge in [0.25, 0.3) is 5.91 Å². The number of carbonyl (C=O) groups excluding carboxylic acids is 1. The smallest absolute Gasteiger partial charge is 0.265 e. The van der Waals surface area contributed by atoms with Gasteiger partial charge in [-0.3, -0.25) is 4.79 Å². The third kappa shape index (κ3) is 2.91. The van der Waals surface area contributed by atoms with Gasteiger partial charge in [0.05, 0.1) is 13.7 Å². The van der Waals surface area contributed by atoms with Gasteiger partial charge < -0.3 is 19.5 Å². The molecular weight excluding hydrogens is 326 g/mol. The van der Waals surface area contributed by atoms with E-state index in [0.717, 1.165) is 0 Å². The minimum Gasteiger partial charge on any atom is -0.485 e. The van der Waals surface area contributed by atoms with Crippen molar-refractivity contribution in [1.82, 2.24) is 25.1 Å². The maximum Gasteiger partial charge on any atom is 0.265 e. The first kappa shape index (κ1) is 15.2. The summed E-state index contributed by atoms with van der Waals surface area (Å²) in [7, 11) is 1.53. The Morgan fingerprint density at radius 1 is 1.28 bits per heavy atom. The van der Waals surface area contributed by atoms with Gasteiger partial charge in [-0.1, -0.05) is 12.1 Å². The fourth-order valence-electron chi connectivity index (χ4n) is 2.46. The summed E-state index contributed by atoms with van der Waals surface area (Å²) in [5, 5.41) is 15.0. The number of ether oxygens (including phenoxy) is 3. The molecule has 1 N–H and O–H groups in total. The summed E-state index contributed by atoms with van der Waals surface area (Å²) in [6, 6.07) is 10.7. The summed E-state index contributed by atoms with van der Waals surface area (Å²) in [6.07, 6.45) is -0.725. The van der Waals surface area contributed by atoms with Crippen molar-refractivity contribution in [3.8, 4) is 17.4 Å². The van der Waals surface area contributed by atoms with Crippen LogP contribution in [0.15, 0.2) is 36.4 Å². The molecule has 0 unspecified atom stereocenters. The van der Waals surface area contributed by atoms with Gasteiger partial charge >= 0.3 is 0 Å². The van der Waals surface area contributed by atoms with Crippen LogP contribution in [0, 0.1) is 0 Å². The normalized spacial score (nSPS) is 15.8. The first-order valence-electron chi connectivity index (χ1n) is 7.66. The molecule has 0 aliphatic carbocycles. The first-order chi connectivity index (χ1) is 12.2. The Bertz CT molecular complexity index is 926. The van der Waals surface area contributed by atoms with E-state index in [-0.39, 0.29) is 19.1 Å². The summed E-state index contributed by atoms with van der Waals surface area (Å²) in [5.41, 5.74) is 0.566. The lowest BCUT2D eigenvalue weighted by molar-refractivity contribution is -0.130. The van der Waals surface area contributed by atoms with Crippen LogP contribution in [0.3, 0.4) is 0 Å². The van der Waals surface area contributed by atoms with E-state index in [1.54, 1.807) is 24.3 Å². The molecule has 1 aliphatic heterocycles. The van der Waals surface area contributed by atoms with Gasteiger partial charge in [-0.25, -0.2) is 0 Å². The van der Waals surface area contributed by atoms with E-state index in [4.69, 9.17) is 14.2 Å². The van der Waals surface area contributed by atoms with Crippen LogP contribution >= 0.6 is 0 Å². The lowest BCUT2D eigenvalue weighted by Gasteiger charge is -2.25. The molecule has 3 heterocycles. The second-order valence-electron chi connectivity index (χ2n) is 5.34. The number of methoxy groups -OCH3 is 1. The zero-order valence-electron chi connectivity index (χ0n) is 13.4. The molecule has 2 aromatic heterocycles. The molecule has 0 saturated carbocycles. The van der Waals surface area contributed by atoms with Crippen LogP contribution in [0.1, 0.15) is 5.82 Å². The number of nitrogens with zero attached hydrogens (tertiary/aromatic N) is 4. The molecule has 3 aromatic rings. The number of aromatic nitrogens is 4. The zero-order chi connectivity index (χ0) is 17.2. The maximum atomic E-state index is 12.3. The molecule has 9 heteroatoms. The highest BCUT2D eigenvalue weighted by Crippen LogP contribution is 2.30. The van der Waals surface area contributed by atoms with E-state index in [0.29, 0.717) is 28.9 Å². The lowest BCUT2D eigenvalue weighted by Crippen LogP contribution is -2.43. The zero-order valence-corrected chi connectivity index (χ0v) is 13.4. The van der Waals surface area contributed by atoms with E-state index in [9.17, 15) is 4.79 Å². The molecule has 0 spiro atoms. The number of hydrogen-bond acceptors (Lipinski definition) is 7. The maximum absolute atomic E-state index is 12.3. The van der Waals surface area contributed by atoms with Crippen molar-refractivity contribution < 1.29 is 19.0 Å². The van der Waals surface area contributed by atoms with Crippen LogP contribution in [0.4, 0.5) is 0 Å². The highest BCUT2D eigenvalue weighted by atomic mass is 16.6. The van der Waals surface area contributed by atoms with Crippen LogP contribution < -0.4 is 19.5 Å². The predicted octanol–water partition coefficient (Wildman–Crippen LogP) is 0.589. The Morgan fingerprint density at radius 3 is 2.96 bits per heavy atom. The van der Waals surface area contributed by atoms with Gasteiger partial charge in [-0.15, -0.1) is 15.3 Å². The monoisotopic (exact) mass is 341 g/mol. The Balaban J connectivity index is 1.44. The molecule has 0 radical (unpaired) electrons. The van der Waals surface area contributed by atoms with Crippen molar-refractivity contribution in [3.05, 3.63) is 42.2 Å². The van der Waals surface area contributed by atoms with Crippen LogP contribution in [0.2, 0.25) is 0 Å². The van der Waals surface area contributed by atoms with Crippen molar-refractivity contribution in [3.63, 3.8) is 0 Å². The number of benzene rings is 1. The topological polar surface area (TPSA) is 99.9 Å². The Hall–Kier alpha value is -3.36. The van der Waals surface area contributed by atoms with E-state index in [1.807, 2.05) is 12.1 Å². The Morgan fingerprint density at radius 2 is 2.12 bits per heavy atom. The minimum atomic E-state index is -0.725. The first-order valence-corrected chi connectivity index (χ1v) is 7.66. The average Bonchev–Trinajstić information content (AvgIpc) is 3.07. The van der Waals surface area contributed by atoms with Crippen LogP contribution in [-0.4, -0.2) is 45.5 Å². The predicted molar refractivity (Wildman–Crippen MR) is 85.5 cm³/mol. The number of nitrogens with one attached hydrogen (secondary N) is 1. The van der Waals surface area contributed by atoms with Gasteiger partial charge in [0.2, 0.25) is 12.0 Å². The highest BCUT2D eigenvalue weighted by molar-refractivity contribution is 5.81. The van der Waals surface area contributed by atoms with Crippen molar-refractivity contribution in [2.75, 3.05) is 13.7 Å². The standard InChI is InChI=1S/C16H15N5O4/c1-23-15-7-6-13-18-19-14(21(13)20-15)8-17-16(22)12-9-24-10-4-2-3-5-11(10)25-12/h2-7,12H,8-9H2,1H3,(H,17,22)/t12-/m0/s1. The van der Waals surface area contributed by atoms with Gasteiger partial charge in [0.15, 0.2) is 23.0 Å².